The summed E-state index contributed by atoms with van der Waals surface area (Å²) in [5, 5.41) is 11.7. The van der Waals surface area contributed by atoms with Crippen molar-refractivity contribution in [3.05, 3.63) is 0 Å². The minimum absolute atomic E-state index is 0.0308. The summed E-state index contributed by atoms with van der Waals surface area (Å²) in [5.74, 6) is -0.446. The second kappa shape index (κ2) is 10.5. The predicted molar refractivity (Wildman–Crippen MR) is 77.7 cm³/mol. The molecule has 6 heteroatoms. The lowest BCUT2D eigenvalue weighted by molar-refractivity contribution is -0.138. The van der Waals surface area contributed by atoms with Crippen molar-refractivity contribution in [2.45, 2.75) is 33.6 Å². The summed E-state index contributed by atoms with van der Waals surface area (Å²) in [7, 11) is 1.70. The number of hydrogen-bond acceptors (Lipinski definition) is 3. The summed E-state index contributed by atoms with van der Waals surface area (Å²) in [6, 6.07) is -0.191. The Balaban J connectivity index is 4.11. The first-order valence-electron chi connectivity index (χ1n) is 7.15. The van der Waals surface area contributed by atoms with Gasteiger partial charge in [0.1, 0.15) is 0 Å². The number of amides is 2. The lowest BCUT2D eigenvalue weighted by Gasteiger charge is -2.21. The number of hydrogen-bond donors (Lipinski definition) is 2. The van der Waals surface area contributed by atoms with Gasteiger partial charge >= 0.3 is 12.0 Å². The number of carbonyl (C=O) groups is 2. The molecule has 0 aromatic rings. The molecular weight excluding hydrogens is 260 g/mol. The number of aliphatic carboxylic acids is 1. The highest BCUT2D eigenvalue weighted by molar-refractivity contribution is 5.74. The van der Waals surface area contributed by atoms with Gasteiger partial charge in [-0.3, -0.25) is 4.79 Å². The highest BCUT2D eigenvalue weighted by atomic mass is 16.5. The van der Waals surface area contributed by atoms with E-state index in [9.17, 15) is 9.59 Å². The predicted octanol–water partition coefficient (Wildman–Crippen LogP) is 1.80. The third-order valence-corrected chi connectivity index (χ3v) is 2.93. The highest BCUT2D eigenvalue weighted by Gasteiger charge is 2.17. The second-order valence-corrected chi connectivity index (χ2v) is 5.40. The van der Waals surface area contributed by atoms with Crippen LogP contribution in [0.5, 0.6) is 0 Å². The minimum Gasteiger partial charge on any atom is -0.481 e. The molecule has 0 rings (SSSR count). The Morgan fingerprint density at radius 1 is 1.35 bits per heavy atom. The average molecular weight is 288 g/mol. The molecule has 0 radical (unpaired) electrons. The lowest BCUT2D eigenvalue weighted by Crippen LogP contribution is -2.41. The van der Waals surface area contributed by atoms with Crippen molar-refractivity contribution in [1.82, 2.24) is 10.2 Å². The Morgan fingerprint density at radius 3 is 2.50 bits per heavy atom. The van der Waals surface area contributed by atoms with Crippen molar-refractivity contribution >= 4 is 12.0 Å². The van der Waals surface area contributed by atoms with Crippen LogP contribution in [0.25, 0.3) is 0 Å². The van der Waals surface area contributed by atoms with Crippen LogP contribution in [0, 0.1) is 11.8 Å². The van der Waals surface area contributed by atoms with Gasteiger partial charge in [0.05, 0.1) is 6.61 Å². The summed E-state index contributed by atoms with van der Waals surface area (Å²) in [5.41, 5.74) is 0. The van der Waals surface area contributed by atoms with E-state index >= 15 is 0 Å². The number of rotatable bonds is 10. The van der Waals surface area contributed by atoms with E-state index in [1.54, 1.807) is 11.9 Å². The van der Waals surface area contributed by atoms with E-state index in [-0.39, 0.29) is 18.4 Å². The largest absolute Gasteiger partial charge is 0.481 e. The van der Waals surface area contributed by atoms with Crippen molar-refractivity contribution < 1.29 is 19.4 Å². The van der Waals surface area contributed by atoms with Gasteiger partial charge in [-0.2, -0.15) is 0 Å². The molecule has 118 valence electrons. The summed E-state index contributed by atoms with van der Waals surface area (Å²) < 4.78 is 5.19. The molecule has 0 fully saturated rings. The van der Waals surface area contributed by atoms with Crippen molar-refractivity contribution in [3.8, 4) is 0 Å². The molecule has 0 aliphatic heterocycles. The molecule has 0 bridgehead atoms. The second-order valence-electron chi connectivity index (χ2n) is 5.40. The summed E-state index contributed by atoms with van der Waals surface area (Å²) in [4.78, 5) is 24.2. The van der Waals surface area contributed by atoms with E-state index in [2.05, 4.69) is 5.32 Å². The van der Waals surface area contributed by atoms with Gasteiger partial charge in [-0.25, -0.2) is 4.79 Å². The van der Waals surface area contributed by atoms with E-state index < -0.39 is 5.97 Å². The van der Waals surface area contributed by atoms with Crippen LogP contribution in [0.1, 0.15) is 33.6 Å². The van der Waals surface area contributed by atoms with Crippen LogP contribution in [-0.2, 0) is 9.53 Å². The van der Waals surface area contributed by atoms with Gasteiger partial charge in [0, 0.05) is 33.2 Å². The Hall–Kier alpha value is -1.30. The van der Waals surface area contributed by atoms with Crippen molar-refractivity contribution in [2.24, 2.45) is 11.8 Å². The molecule has 0 heterocycles. The van der Waals surface area contributed by atoms with Crippen LogP contribution in [0.3, 0.4) is 0 Å². The average Bonchev–Trinajstić information content (AvgIpc) is 2.34. The van der Waals surface area contributed by atoms with E-state index in [4.69, 9.17) is 9.84 Å². The van der Waals surface area contributed by atoms with Gasteiger partial charge in [-0.1, -0.05) is 13.8 Å². The van der Waals surface area contributed by atoms with Gasteiger partial charge in [0.25, 0.3) is 0 Å². The van der Waals surface area contributed by atoms with Crippen LogP contribution < -0.4 is 5.32 Å². The Labute approximate surface area is 121 Å². The van der Waals surface area contributed by atoms with Gasteiger partial charge in [0.2, 0.25) is 0 Å². The molecular formula is C14H28N2O4. The maximum absolute atomic E-state index is 11.8. The molecule has 6 nitrogen and oxygen atoms in total. The number of urea groups is 1. The molecule has 0 unspecified atom stereocenters. The van der Waals surface area contributed by atoms with Gasteiger partial charge in [-0.15, -0.1) is 0 Å². The number of nitrogens with one attached hydrogen (secondary N) is 1. The first kappa shape index (κ1) is 18.7. The van der Waals surface area contributed by atoms with Gasteiger partial charge in [-0.05, 0) is 25.2 Å². The van der Waals surface area contributed by atoms with Crippen LogP contribution in [-0.4, -0.2) is 55.4 Å². The molecule has 2 N–H and O–H groups in total. The Kier molecular flexibility index (Phi) is 9.80. The fourth-order valence-electron chi connectivity index (χ4n) is 1.97. The first-order chi connectivity index (χ1) is 9.36. The maximum atomic E-state index is 11.8. The molecule has 0 spiro atoms. The fourth-order valence-corrected chi connectivity index (χ4v) is 1.97. The minimum atomic E-state index is -0.824. The van der Waals surface area contributed by atoms with E-state index in [1.165, 1.54) is 0 Å². The fraction of sp³-hybridized carbons (Fsp3) is 0.857. The normalized spacial score (nSPS) is 12.2. The monoisotopic (exact) mass is 288 g/mol. The summed E-state index contributed by atoms with van der Waals surface area (Å²) in [6.07, 6.45) is 0.871. The topological polar surface area (TPSA) is 78.9 Å². The quantitative estimate of drug-likeness (QED) is 0.601. The van der Waals surface area contributed by atoms with Crippen LogP contribution in [0.4, 0.5) is 4.79 Å². The Bertz CT molecular complexity index is 295. The van der Waals surface area contributed by atoms with Crippen molar-refractivity contribution in [3.63, 3.8) is 0 Å². The van der Waals surface area contributed by atoms with Gasteiger partial charge < -0.3 is 20.1 Å². The van der Waals surface area contributed by atoms with Crippen molar-refractivity contribution in [1.29, 1.82) is 0 Å². The summed E-state index contributed by atoms with van der Waals surface area (Å²) in [6.45, 7) is 8.05. The SMILES string of the molecule is CCOCCN(C)C(=O)NC[C@H](CC(=O)O)CC(C)C. The van der Waals surface area contributed by atoms with Crippen LogP contribution in [0.2, 0.25) is 0 Å². The number of carboxylic acid groups (broad SMARTS) is 1. The van der Waals surface area contributed by atoms with E-state index in [1.807, 2.05) is 20.8 Å². The third-order valence-electron chi connectivity index (χ3n) is 2.93. The van der Waals surface area contributed by atoms with Crippen LogP contribution in [0.15, 0.2) is 0 Å². The molecule has 0 saturated heterocycles. The standard InChI is InChI=1S/C14H28N2O4/c1-5-20-7-6-16(4)14(19)15-10-12(8-11(2)3)9-13(17)18/h11-12H,5-10H2,1-4H3,(H,15,19)(H,17,18)/t12-/m0/s1. The molecule has 0 aromatic carbocycles. The lowest BCUT2D eigenvalue weighted by atomic mass is 9.94. The number of carbonyl (C=O) groups excluding carboxylic acids is 1. The zero-order valence-corrected chi connectivity index (χ0v) is 13.0. The molecule has 0 saturated carbocycles. The summed E-state index contributed by atoms with van der Waals surface area (Å²) >= 11 is 0. The zero-order chi connectivity index (χ0) is 15.5. The molecule has 20 heavy (non-hydrogen) atoms. The molecule has 0 aliphatic rings. The molecule has 0 aromatic heterocycles. The number of likely N-dealkylation sites (N-methyl/N-ethyl adjacent to an activating group) is 1. The zero-order valence-electron chi connectivity index (χ0n) is 13.0. The molecule has 2 amide bonds. The highest BCUT2D eigenvalue weighted by Crippen LogP contribution is 2.14. The van der Waals surface area contributed by atoms with Gasteiger partial charge in [0.15, 0.2) is 0 Å². The smallest absolute Gasteiger partial charge is 0.317 e. The number of ether oxygens (including phenoxy) is 1. The van der Waals surface area contributed by atoms with Crippen molar-refractivity contribution in [2.75, 3.05) is 33.4 Å². The molecule has 0 aliphatic carbocycles. The molecule has 1 atom stereocenters. The maximum Gasteiger partial charge on any atom is 0.317 e. The van der Waals surface area contributed by atoms with E-state index in [0.717, 1.165) is 6.42 Å². The Morgan fingerprint density at radius 2 is 2.00 bits per heavy atom. The van der Waals surface area contributed by atoms with Crippen LogP contribution >= 0.6 is 0 Å². The van der Waals surface area contributed by atoms with E-state index in [0.29, 0.717) is 32.2 Å². The first-order valence-corrected chi connectivity index (χ1v) is 7.15. The third kappa shape index (κ3) is 9.61. The number of nitrogens with zero attached hydrogens (tertiary/aromatic N) is 1. The number of carboxylic acids is 1.